The normalized spacial score (nSPS) is 27.1. The molecule has 0 saturated carbocycles. The van der Waals surface area contributed by atoms with Crippen LogP contribution in [0, 0.1) is 0 Å². The molecule has 17 heavy (non-hydrogen) atoms. The first-order valence-electron chi connectivity index (χ1n) is 6.10. The number of carbonyl (C=O) groups excluding carboxylic acids is 2. The quantitative estimate of drug-likeness (QED) is 0.631. The van der Waals surface area contributed by atoms with Crippen molar-refractivity contribution < 1.29 is 14.7 Å². The van der Waals surface area contributed by atoms with E-state index in [0.29, 0.717) is 6.54 Å². The number of carbonyl (C=O) groups is 2. The minimum Gasteiger partial charge on any atom is -0.390 e. The van der Waals surface area contributed by atoms with E-state index in [1.54, 1.807) is 4.90 Å². The lowest BCUT2D eigenvalue weighted by Gasteiger charge is -2.43. The molecular formula is C11H19N3O3. The zero-order valence-corrected chi connectivity index (χ0v) is 9.84. The molecular weight excluding hydrogens is 222 g/mol. The number of nitrogens with zero attached hydrogens (tertiary/aromatic N) is 2. The van der Waals surface area contributed by atoms with Gasteiger partial charge in [0.1, 0.15) is 6.04 Å². The Morgan fingerprint density at radius 3 is 2.88 bits per heavy atom. The Bertz CT molecular complexity index is 321. The predicted octanol–water partition coefficient (Wildman–Crippen LogP) is -1.47. The van der Waals surface area contributed by atoms with Crippen molar-refractivity contribution in [1.82, 2.24) is 9.80 Å². The zero-order chi connectivity index (χ0) is 12.4. The van der Waals surface area contributed by atoms with E-state index in [1.165, 1.54) is 4.90 Å². The van der Waals surface area contributed by atoms with Crippen LogP contribution in [0.3, 0.4) is 0 Å². The highest BCUT2D eigenvalue weighted by Crippen LogP contribution is 2.23. The van der Waals surface area contributed by atoms with Crippen molar-refractivity contribution in [3.63, 3.8) is 0 Å². The second-order valence-electron chi connectivity index (χ2n) is 4.71. The first-order chi connectivity index (χ1) is 8.13. The summed E-state index contributed by atoms with van der Waals surface area (Å²) in [6.07, 6.45) is 1.94. The SMILES string of the molecule is NC[C@@H](O)CN1CC(=O)N2CCCCC2C1=O. The third-order valence-corrected chi connectivity index (χ3v) is 3.45. The van der Waals surface area contributed by atoms with E-state index < -0.39 is 6.10 Å². The van der Waals surface area contributed by atoms with Crippen LogP contribution in [0.15, 0.2) is 0 Å². The van der Waals surface area contributed by atoms with E-state index in [4.69, 9.17) is 5.73 Å². The fourth-order valence-electron chi connectivity index (χ4n) is 2.51. The highest BCUT2D eigenvalue weighted by Gasteiger charge is 2.40. The van der Waals surface area contributed by atoms with Crippen LogP contribution in [0.4, 0.5) is 0 Å². The van der Waals surface area contributed by atoms with Gasteiger partial charge in [-0.3, -0.25) is 9.59 Å². The summed E-state index contributed by atoms with van der Waals surface area (Å²) in [5.41, 5.74) is 5.32. The van der Waals surface area contributed by atoms with Gasteiger partial charge in [-0.25, -0.2) is 0 Å². The van der Waals surface area contributed by atoms with Crippen molar-refractivity contribution in [3.8, 4) is 0 Å². The van der Waals surface area contributed by atoms with E-state index in [0.717, 1.165) is 19.3 Å². The number of fused-ring (bicyclic) bond motifs is 1. The molecule has 0 radical (unpaired) electrons. The van der Waals surface area contributed by atoms with Crippen LogP contribution < -0.4 is 5.73 Å². The molecule has 6 nitrogen and oxygen atoms in total. The van der Waals surface area contributed by atoms with Gasteiger partial charge in [0.25, 0.3) is 0 Å². The molecule has 0 aromatic carbocycles. The third kappa shape index (κ3) is 2.42. The summed E-state index contributed by atoms with van der Waals surface area (Å²) in [6.45, 7) is 1.02. The second-order valence-corrected chi connectivity index (χ2v) is 4.71. The Balaban J connectivity index is 2.06. The largest absolute Gasteiger partial charge is 0.390 e. The first kappa shape index (κ1) is 12.3. The van der Waals surface area contributed by atoms with Gasteiger partial charge >= 0.3 is 0 Å². The molecule has 2 fully saturated rings. The zero-order valence-electron chi connectivity index (χ0n) is 9.84. The smallest absolute Gasteiger partial charge is 0.245 e. The highest BCUT2D eigenvalue weighted by atomic mass is 16.3. The lowest BCUT2D eigenvalue weighted by atomic mass is 9.98. The average molecular weight is 241 g/mol. The van der Waals surface area contributed by atoms with Crippen LogP contribution in [0.25, 0.3) is 0 Å². The maximum Gasteiger partial charge on any atom is 0.245 e. The molecule has 0 spiro atoms. The fraction of sp³-hybridized carbons (Fsp3) is 0.818. The van der Waals surface area contributed by atoms with Gasteiger partial charge in [0.05, 0.1) is 12.6 Å². The molecule has 3 N–H and O–H groups in total. The molecule has 0 aromatic heterocycles. The van der Waals surface area contributed by atoms with Crippen molar-refractivity contribution in [2.45, 2.75) is 31.4 Å². The molecule has 2 amide bonds. The number of aliphatic hydroxyl groups is 1. The average Bonchev–Trinajstić information content (AvgIpc) is 2.35. The van der Waals surface area contributed by atoms with Crippen molar-refractivity contribution in [3.05, 3.63) is 0 Å². The molecule has 96 valence electrons. The number of piperidine rings is 1. The van der Waals surface area contributed by atoms with Gasteiger partial charge in [0, 0.05) is 19.6 Å². The monoisotopic (exact) mass is 241 g/mol. The summed E-state index contributed by atoms with van der Waals surface area (Å²) >= 11 is 0. The maximum atomic E-state index is 12.1. The second kappa shape index (κ2) is 5.01. The van der Waals surface area contributed by atoms with Gasteiger partial charge in [0.15, 0.2) is 0 Å². The molecule has 0 aromatic rings. The molecule has 2 heterocycles. The van der Waals surface area contributed by atoms with Gasteiger partial charge in [-0.1, -0.05) is 0 Å². The van der Waals surface area contributed by atoms with Gasteiger partial charge in [-0.2, -0.15) is 0 Å². The van der Waals surface area contributed by atoms with Crippen molar-refractivity contribution >= 4 is 11.8 Å². The van der Waals surface area contributed by atoms with E-state index >= 15 is 0 Å². The Labute approximate surface area is 100 Å². The topological polar surface area (TPSA) is 86.9 Å². The molecule has 2 aliphatic heterocycles. The molecule has 2 aliphatic rings. The number of hydrogen-bond acceptors (Lipinski definition) is 4. The van der Waals surface area contributed by atoms with Gasteiger partial charge in [-0.15, -0.1) is 0 Å². The number of piperazine rings is 1. The van der Waals surface area contributed by atoms with E-state index in [2.05, 4.69) is 0 Å². The molecule has 0 aliphatic carbocycles. The van der Waals surface area contributed by atoms with Crippen molar-refractivity contribution in [1.29, 1.82) is 0 Å². The van der Waals surface area contributed by atoms with E-state index in [-0.39, 0.29) is 37.5 Å². The lowest BCUT2D eigenvalue weighted by molar-refractivity contribution is -0.158. The van der Waals surface area contributed by atoms with Gasteiger partial charge < -0.3 is 20.6 Å². The summed E-state index contributed by atoms with van der Waals surface area (Å²) in [7, 11) is 0. The Hall–Kier alpha value is -1.14. The number of amides is 2. The minimum absolute atomic E-state index is 0.0153. The van der Waals surface area contributed by atoms with Crippen LogP contribution in [0.1, 0.15) is 19.3 Å². The Kier molecular flexibility index (Phi) is 3.63. The summed E-state index contributed by atoms with van der Waals surface area (Å²) in [5.74, 6) is -0.0599. The first-order valence-corrected chi connectivity index (χ1v) is 6.10. The predicted molar refractivity (Wildman–Crippen MR) is 61.0 cm³/mol. The lowest BCUT2D eigenvalue weighted by Crippen LogP contribution is -2.62. The number of hydrogen-bond donors (Lipinski definition) is 2. The number of β-amino-alcohol motifs (C(OH)–C–C–N with tert-alkyl or cyclic N) is 1. The number of rotatable bonds is 3. The standard InChI is InChI=1S/C11H19N3O3/c12-5-8(15)6-13-7-10(16)14-4-2-1-3-9(14)11(13)17/h8-9,15H,1-7,12H2/t8-,9?/m1/s1. The Morgan fingerprint density at radius 2 is 2.18 bits per heavy atom. The molecule has 1 unspecified atom stereocenters. The highest BCUT2D eigenvalue weighted by molar-refractivity contribution is 5.95. The maximum absolute atomic E-state index is 12.1. The minimum atomic E-state index is -0.748. The van der Waals surface area contributed by atoms with Crippen LogP contribution >= 0.6 is 0 Å². The summed E-state index contributed by atoms with van der Waals surface area (Å²) in [5, 5.41) is 9.47. The Morgan fingerprint density at radius 1 is 1.41 bits per heavy atom. The molecule has 2 rings (SSSR count). The van der Waals surface area contributed by atoms with Crippen LogP contribution in [-0.4, -0.2) is 65.0 Å². The molecule has 6 heteroatoms. The fourth-order valence-corrected chi connectivity index (χ4v) is 2.51. The number of aliphatic hydroxyl groups excluding tert-OH is 1. The molecule has 2 saturated heterocycles. The van der Waals surface area contributed by atoms with Gasteiger partial charge in [-0.05, 0) is 19.3 Å². The van der Waals surface area contributed by atoms with Crippen LogP contribution in [0.5, 0.6) is 0 Å². The summed E-state index contributed by atoms with van der Waals surface area (Å²) < 4.78 is 0. The van der Waals surface area contributed by atoms with Crippen molar-refractivity contribution in [2.24, 2.45) is 5.73 Å². The van der Waals surface area contributed by atoms with E-state index in [1.807, 2.05) is 0 Å². The summed E-state index contributed by atoms with van der Waals surface area (Å²) in [6, 6.07) is -0.310. The summed E-state index contributed by atoms with van der Waals surface area (Å²) in [4.78, 5) is 27.1. The van der Waals surface area contributed by atoms with Crippen LogP contribution in [-0.2, 0) is 9.59 Å². The molecule has 2 atom stereocenters. The van der Waals surface area contributed by atoms with Crippen molar-refractivity contribution in [2.75, 3.05) is 26.2 Å². The molecule has 0 bridgehead atoms. The number of nitrogens with two attached hydrogens (primary N) is 1. The van der Waals surface area contributed by atoms with Gasteiger partial charge in [0.2, 0.25) is 11.8 Å². The third-order valence-electron chi connectivity index (χ3n) is 3.45. The van der Waals surface area contributed by atoms with Crippen LogP contribution in [0.2, 0.25) is 0 Å². The van der Waals surface area contributed by atoms with E-state index in [9.17, 15) is 14.7 Å².